The van der Waals surface area contributed by atoms with E-state index in [-0.39, 0.29) is 24.4 Å². The van der Waals surface area contributed by atoms with Crippen LogP contribution in [0, 0.1) is 0 Å². The number of carbonyl (C=O) groups excluding carboxylic acids is 1. The van der Waals surface area contributed by atoms with Gasteiger partial charge in [-0.1, -0.05) is 6.07 Å². The van der Waals surface area contributed by atoms with Gasteiger partial charge in [0.15, 0.2) is 0 Å². The summed E-state index contributed by atoms with van der Waals surface area (Å²) in [6.45, 7) is 5.09. The molecule has 1 saturated heterocycles. The van der Waals surface area contributed by atoms with Crippen LogP contribution in [0.3, 0.4) is 0 Å². The molecule has 2 aromatic heterocycles. The van der Waals surface area contributed by atoms with Crippen LogP contribution in [0.4, 0.5) is 0 Å². The number of hydrogen-bond donors (Lipinski definition) is 1. The number of aryl methyl sites for hydroxylation is 1. The van der Waals surface area contributed by atoms with Gasteiger partial charge in [-0.2, -0.15) is 0 Å². The Morgan fingerprint density at radius 3 is 3.04 bits per heavy atom. The molecule has 7 heteroatoms. The fourth-order valence-electron chi connectivity index (χ4n) is 2.88. The minimum Gasteiger partial charge on any atom is -0.343 e. The predicted octanol–water partition coefficient (Wildman–Crippen LogP) is 2.87. The number of rotatable bonds is 3. The zero-order chi connectivity index (χ0) is 15.5. The highest BCUT2D eigenvalue weighted by Crippen LogP contribution is 2.25. The Balaban J connectivity index is 0.00000192. The second-order valence-corrected chi connectivity index (χ2v) is 6.25. The van der Waals surface area contributed by atoms with Crippen LogP contribution in [0.2, 0.25) is 0 Å². The van der Waals surface area contributed by atoms with Gasteiger partial charge in [-0.3, -0.25) is 9.78 Å². The van der Waals surface area contributed by atoms with E-state index >= 15 is 0 Å². The first-order chi connectivity index (χ1) is 10.7. The molecule has 3 rings (SSSR count). The van der Waals surface area contributed by atoms with Crippen LogP contribution in [0.1, 0.15) is 29.0 Å². The van der Waals surface area contributed by atoms with Gasteiger partial charge in [0.2, 0.25) is 0 Å². The zero-order valence-corrected chi connectivity index (χ0v) is 15.3. The monoisotopic (exact) mass is 398 g/mol. The Hall–Kier alpha value is -1.37. The van der Waals surface area contributed by atoms with E-state index in [1.165, 1.54) is 0 Å². The molecule has 0 aliphatic carbocycles. The van der Waals surface area contributed by atoms with Crippen molar-refractivity contribution in [3.63, 3.8) is 0 Å². The number of nitrogens with zero attached hydrogens (tertiary/aromatic N) is 3. The van der Waals surface area contributed by atoms with E-state index in [9.17, 15) is 4.79 Å². The highest BCUT2D eigenvalue weighted by atomic mass is 79.9. The first kappa shape index (κ1) is 18.0. The van der Waals surface area contributed by atoms with Gasteiger partial charge in [0.05, 0.1) is 6.04 Å². The van der Waals surface area contributed by atoms with Crippen LogP contribution in [0.25, 0.3) is 0 Å². The Morgan fingerprint density at radius 1 is 1.52 bits per heavy atom. The van der Waals surface area contributed by atoms with Gasteiger partial charge in [-0.15, -0.1) is 12.4 Å². The summed E-state index contributed by atoms with van der Waals surface area (Å²) in [4.78, 5) is 19.1. The molecule has 1 unspecified atom stereocenters. The second kappa shape index (κ2) is 7.95. The van der Waals surface area contributed by atoms with Crippen LogP contribution >= 0.6 is 28.3 Å². The smallest absolute Gasteiger partial charge is 0.271 e. The van der Waals surface area contributed by atoms with Crippen molar-refractivity contribution in [2.24, 2.45) is 0 Å². The standard InChI is InChI=1S/C16H19BrN4O.ClH/c1-2-20-11-13(17)8-14(20)16(22)21-7-6-19-10-15(21)12-4-3-5-18-9-12;/h3-5,8-9,11,15,19H,2,6-7,10H2,1H3;1H. The maximum absolute atomic E-state index is 13.0. The van der Waals surface area contributed by atoms with Crippen molar-refractivity contribution < 1.29 is 4.79 Å². The maximum Gasteiger partial charge on any atom is 0.271 e. The molecule has 1 amide bonds. The summed E-state index contributed by atoms with van der Waals surface area (Å²) in [5.41, 5.74) is 1.79. The Kier molecular flexibility index (Phi) is 6.21. The number of amides is 1. The number of hydrogen-bond acceptors (Lipinski definition) is 3. The van der Waals surface area contributed by atoms with E-state index in [1.54, 1.807) is 6.20 Å². The van der Waals surface area contributed by atoms with Crippen molar-refractivity contribution in [2.75, 3.05) is 19.6 Å². The van der Waals surface area contributed by atoms with E-state index in [0.29, 0.717) is 6.54 Å². The second-order valence-electron chi connectivity index (χ2n) is 5.33. The van der Waals surface area contributed by atoms with E-state index in [2.05, 4.69) is 26.2 Å². The highest BCUT2D eigenvalue weighted by Gasteiger charge is 2.30. The molecule has 2 aromatic rings. The van der Waals surface area contributed by atoms with Crippen molar-refractivity contribution in [1.82, 2.24) is 19.8 Å². The SMILES string of the molecule is CCn1cc(Br)cc1C(=O)N1CCNCC1c1cccnc1.Cl. The molecule has 0 radical (unpaired) electrons. The molecule has 0 bridgehead atoms. The summed E-state index contributed by atoms with van der Waals surface area (Å²) >= 11 is 3.46. The Bertz CT molecular complexity index is 661. The lowest BCUT2D eigenvalue weighted by atomic mass is 10.0. The summed E-state index contributed by atoms with van der Waals surface area (Å²) in [6, 6.07) is 5.86. The van der Waals surface area contributed by atoms with Crippen molar-refractivity contribution in [2.45, 2.75) is 19.5 Å². The molecular formula is C16H20BrClN4O. The number of halogens is 2. The third-order valence-electron chi connectivity index (χ3n) is 4.00. The molecular weight excluding hydrogens is 380 g/mol. The predicted molar refractivity (Wildman–Crippen MR) is 95.9 cm³/mol. The average Bonchev–Trinajstić information content (AvgIpc) is 2.96. The zero-order valence-electron chi connectivity index (χ0n) is 12.9. The van der Waals surface area contributed by atoms with Gasteiger partial charge < -0.3 is 14.8 Å². The molecule has 3 heterocycles. The third-order valence-corrected chi connectivity index (χ3v) is 4.43. The van der Waals surface area contributed by atoms with Gasteiger partial charge in [0, 0.05) is 49.2 Å². The lowest BCUT2D eigenvalue weighted by molar-refractivity contribution is 0.0623. The van der Waals surface area contributed by atoms with Crippen LogP contribution < -0.4 is 5.32 Å². The van der Waals surface area contributed by atoms with Crippen LogP contribution in [-0.4, -0.2) is 40.0 Å². The van der Waals surface area contributed by atoms with Crippen molar-refractivity contribution >= 4 is 34.2 Å². The van der Waals surface area contributed by atoms with Crippen molar-refractivity contribution in [3.05, 3.63) is 52.5 Å². The van der Waals surface area contributed by atoms with Gasteiger partial charge in [0.1, 0.15) is 5.69 Å². The van der Waals surface area contributed by atoms with E-state index < -0.39 is 0 Å². The Morgan fingerprint density at radius 2 is 2.35 bits per heavy atom. The first-order valence-corrected chi connectivity index (χ1v) is 8.27. The summed E-state index contributed by atoms with van der Waals surface area (Å²) in [5, 5.41) is 3.37. The molecule has 124 valence electrons. The van der Waals surface area contributed by atoms with Gasteiger partial charge in [-0.25, -0.2) is 0 Å². The first-order valence-electron chi connectivity index (χ1n) is 7.48. The largest absolute Gasteiger partial charge is 0.343 e. The fourth-order valence-corrected chi connectivity index (χ4v) is 3.34. The highest BCUT2D eigenvalue weighted by molar-refractivity contribution is 9.10. The molecule has 1 fully saturated rings. The summed E-state index contributed by atoms with van der Waals surface area (Å²) in [6.07, 6.45) is 5.55. The van der Waals surface area contributed by atoms with E-state index in [4.69, 9.17) is 0 Å². The van der Waals surface area contributed by atoms with Crippen LogP contribution in [0.5, 0.6) is 0 Å². The summed E-state index contributed by atoms with van der Waals surface area (Å²) in [7, 11) is 0. The van der Waals surface area contributed by atoms with E-state index in [1.807, 2.05) is 47.0 Å². The molecule has 1 N–H and O–H groups in total. The van der Waals surface area contributed by atoms with Gasteiger partial charge >= 0.3 is 0 Å². The summed E-state index contributed by atoms with van der Waals surface area (Å²) < 4.78 is 2.92. The average molecular weight is 400 g/mol. The normalized spacial score (nSPS) is 17.7. The number of pyridine rings is 1. The molecule has 1 aliphatic heterocycles. The van der Waals surface area contributed by atoms with Crippen molar-refractivity contribution in [3.8, 4) is 0 Å². The lowest BCUT2D eigenvalue weighted by Crippen LogP contribution is -2.49. The Labute approximate surface area is 150 Å². The number of aromatic nitrogens is 2. The maximum atomic E-state index is 13.0. The van der Waals surface area contributed by atoms with Crippen molar-refractivity contribution in [1.29, 1.82) is 0 Å². The fraction of sp³-hybridized carbons (Fsp3) is 0.375. The topological polar surface area (TPSA) is 50.2 Å². The number of nitrogens with one attached hydrogen (secondary N) is 1. The molecule has 0 aromatic carbocycles. The quantitative estimate of drug-likeness (QED) is 0.863. The molecule has 1 aliphatic rings. The lowest BCUT2D eigenvalue weighted by Gasteiger charge is -2.36. The molecule has 23 heavy (non-hydrogen) atoms. The molecule has 5 nitrogen and oxygen atoms in total. The van der Waals surface area contributed by atoms with Crippen LogP contribution in [-0.2, 0) is 6.54 Å². The molecule has 1 atom stereocenters. The molecule has 0 saturated carbocycles. The number of carbonyl (C=O) groups is 1. The minimum atomic E-state index is 0. The van der Waals surface area contributed by atoms with Gasteiger partial charge in [-0.05, 0) is 40.5 Å². The van der Waals surface area contributed by atoms with Crippen LogP contribution in [0.15, 0.2) is 41.3 Å². The van der Waals surface area contributed by atoms with E-state index in [0.717, 1.165) is 35.4 Å². The minimum absolute atomic E-state index is 0. The summed E-state index contributed by atoms with van der Waals surface area (Å²) in [5.74, 6) is 0.0721. The molecule has 0 spiro atoms. The van der Waals surface area contributed by atoms with Gasteiger partial charge in [0.25, 0.3) is 5.91 Å². The third kappa shape index (κ3) is 3.76. The number of piperazine rings is 1.